The molecule has 0 saturated carbocycles. The molecule has 1 aliphatic rings. The van der Waals surface area contributed by atoms with Gasteiger partial charge in [-0.1, -0.05) is 0 Å². The summed E-state index contributed by atoms with van der Waals surface area (Å²) in [5.74, 6) is 0. The first-order valence-corrected chi connectivity index (χ1v) is 5.41. The molecular weight excluding hydrogens is 180 g/mol. The van der Waals surface area contributed by atoms with Gasteiger partial charge in [-0.3, -0.25) is 0 Å². The Morgan fingerprint density at radius 1 is 1.31 bits per heavy atom. The van der Waals surface area contributed by atoms with Crippen LogP contribution in [0.2, 0.25) is 0 Å². The first-order chi connectivity index (χ1) is 6.36. The number of nitrogens with zero attached hydrogens (tertiary/aromatic N) is 1. The Bertz CT molecular complexity index is 360. The largest absolute Gasteiger partial charge is 0.380 e. The number of nitriles is 1. The predicted molar refractivity (Wildman–Crippen MR) is 55.2 cm³/mol. The van der Waals surface area contributed by atoms with E-state index >= 15 is 0 Å². The molecular formula is C10H12N2S. The Hall–Kier alpha value is -1.01. The van der Waals surface area contributed by atoms with Crippen molar-refractivity contribution in [2.24, 2.45) is 0 Å². The van der Waals surface area contributed by atoms with E-state index in [0.717, 1.165) is 17.7 Å². The molecule has 0 amide bonds. The lowest BCUT2D eigenvalue weighted by Gasteiger charge is -2.12. The first-order valence-electron chi connectivity index (χ1n) is 4.59. The van der Waals surface area contributed by atoms with Crippen molar-refractivity contribution in [1.82, 2.24) is 0 Å². The van der Waals surface area contributed by atoms with Gasteiger partial charge >= 0.3 is 0 Å². The molecule has 1 aromatic rings. The van der Waals surface area contributed by atoms with Crippen molar-refractivity contribution in [3.05, 3.63) is 16.0 Å². The molecule has 0 spiro atoms. The zero-order valence-corrected chi connectivity index (χ0v) is 8.50. The molecule has 0 saturated heterocycles. The third kappa shape index (κ3) is 1.31. The van der Waals surface area contributed by atoms with Gasteiger partial charge in [0.25, 0.3) is 0 Å². The molecule has 0 atom stereocenters. The molecule has 68 valence electrons. The Morgan fingerprint density at radius 2 is 2.00 bits per heavy atom. The maximum Gasteiger partial charge on any atom is 0.110 e. The number of fused-ring (bicyclic) bond motifs is 1. The lowest BCUT2D eigenvalue weighted by molar-refractivity contribution is 0.690. The number of hydrogen-bond acceptors (Lipinski definition) is 3. The van der Waals surface area contributed by atoms with Gasteiger partial charge in [0.15, 0.2) is 0 Å². The van der Waals surface area contributed by atoms with Gasteiger partial charge in [0, 0.05) is 7.05 Å². The zero-order valence-electron chi connectivity index (χ0n) is 7.68. The minimum Gasteiger partial charge on any atom is -0.380 e. The quantitative estimate of drug-likeness (QED) is 0.742. The molecule has 1 N–H and O–H groups in total. The molecule has 0 aromatic carbocycles. The first kappa shape index (κ1) is 8.58. The van der Waals surface area contributed by atoms with Crippen molar-refractivity contribution in [1.29, 1.82) is 5.26 Å². The maximum atomic E-state index is 8.94. The maximum absolute atomic E-state index is 8.94. The fourth-order valence-corrected chi connectivity index (χ4v) is 2.97. The fraction of sp³-hybridized carbons (Fsp3) is 0.500. The SMILES string of the molecule is CNc1sc(C#N)c2c1CCCC2. The minimum absolute atomic E-state index is 0.916. The molecule has 1 heterocycles. The molecule has 1 aromatic heterocycles. The van der Waals surface area contributed by atoms with Crippen LogP contribution < -0.4 is 5.32 Å². The number of anilines is 1. The van der Waals surface area contributed by atoms with Gasteiger partial charge in [-0.05, 0) is 36.8 Å². The van der Waals surface area contributed by atoms with Gasteiger partial charge in [-0.25, -0.2) is 0 Å². The molecule has 0 aliphatic heterocycles. The highest BCUT2D eigenvalue weighted by molar-refractivity contribution is 7.17. The highest BCUT2D eigenvalue weighted by Crippen LogP contribution is 2.37. The summed E-state index contributed by atoms with van der Waals surface area (Å²) in [7, 11) is 1.93. The molecule has 2 rings (SSSR count). The Kier molecular flexibility index (Phi) is 2.24. The Balaban J connectivity index is 2.52. The van der Waals surface area contributed by atoms with Gasteiger partial charge in [-0.2, -0.15) is 5.26 Å². The van der Waals surface area contributed by atoms with Crippen LogP contribution in [0.25, 0.3) is 0 Å². The highest BCUT2D eigenvalue weighted by Gasteiger charge is 2.19. The lowest BCUT2D eigenvalue weighted by Crippen LogP contribution is -2.02. The van der Waals surface area contributed by atoms with Crippen molar-refractivity contribution < 1.29 is 0 Å². The Morgan fingerprint density at radius 3 is 2.62 bits per heavy atom. The standard InChI is InChI=1S/C10H12N2S/c1-12-10-8-5-3-2-4-7(8)9(6-11)13-10/h12H,2-5H2,1H3. The van der Waals surface area contributed by atoms with E-state index in [9.17, 15) is 0 Å². The third-order valence-corrected chi connectivity index (χ3v) is 3.75. The molecule has 0 unspecified atom stereocenters. The van der Waals surface area contributed by atoms with E-state index in [1.54, 1.807) is 11.3 Å². The van der Waals surface area contributed by atoms with Crippen LogP contribution in [-0.4, -0.2) is 7.05 Å². The average Bonchev–Trinajstić information content (AvgIpc) is 2.56. The number of thiophene rings is 1. The van der Waals surface area contributed by atoms with Gasteiger partial charge in [-0.15, -0.1) is 11.3 Å². The third-order valence-electron chi connectivity index (χ3n) is 2.55. The molecule has 2 nitrogen and oxygen atoms in total. The van der Waals surface area contributed by atoms with Crippen molar-refractivity contribution in [2.45, 2.75) is 25.7 Å². The zero-order chi connectivity index (χ0) is 9.26. The summed E-state index contributed by atoms with van der Waals surface area (Å²) in [6.45, 7) is 0. The van der Waals surface area contributed by atoms with E-state index in [0.29, 0.717) is 0 Å². The van der Waals surface area contributed by atoms with Crippen LogP contribution in [0, 0.1) is 11.3 Å². The van der Waals surface area contributed by atoms with Crippen LogP contribution in [0.3, 0.4) is 0 Å². The summed E-state index contributed by atoms with van der Waals surface area (Å²) in [5.41, 5.74) is 2.71. The van der Waals surface area contributed by atoms with E-state index in [-0.39, 0.29) is 0 Å². The van der Waals surface area contributed by atoms with Gasteiger partial charge in [0.2, 0.25) is 0 Å². The van der Waals surface area contributed by atoms with Crippen LogP contribution in [0.1, 0.15) is 28.8 Å². The van der Waals surface area contributed by atoms with E-state index in [2.05, 4.69) is 11.4 Å². The molecule has 0 fully saturated rings. The van der Waals surface area contributed by atoms with Crippen LogP contribution in [0.5, 0.6) is 0 Å². The second-order valence-electron chi connectivity index (χ2n) is 3.29. The van der Waals surface area contributed by atoms with E-state index in [1.165, 1.54) is 29.0 Å². The predicted octanol–water partition coefficient (Wildman–Crippen LogP) is 2.54. The van der Waals surface area contributed by atoms with Crippen LogP contribution in [-0.2, 0) is 12.8 Å². The van der Waals surface area contributed by atoms with Gasteiger partial charge in [0.1, 0.15) is 10.9 Å². The summed E-state index contributed by atoms with van der Waals surface area (Å²) in [4.78, 5) is 0.916. The second kappa shape index (κ2) is 3.39. The van der Waals surface area contributed by atoms with Crippen LogP contribution >= 0.6 is 11.3 Å². The minimum atomic E-state index is 0.916. The highest BCUT2D eigenvalue weighted by atomic mass is 32.1. The van der Waals surface area contributed by atoms with E-state index < -0.39 is 0 Å². The monoisotopic (exact) mass is 192 g/mol. The van der Waals surface area contributed by atoms with Gasteiger partial charge < -0.3 is 5.32 Å². The van der Waals surface area contributed by atoms with E-state index in [4.69, 9.17) is 5.26 Å². The van der Waals surface area contributed by atoms with E-state index in [1.807, 2.05) is 7.05 Å². The topological polar surface area (TPSA) is 35.8 Å². The van der Waals surface area contributed by atoms with Crippen molar-refractivity contribution in [3.63, 3.8) is 0 Å². The number of rotatable bonds is 1. The second-order valence-corrected chi connectivity index (χ2v) is 4.31. The molecule has 3 heteroatoms. The van der Waals surface area contributed by atoms with Crippen molar-refractivity contribution in [3.8, 4) is 6.07 Å². The fourth-order valence-electron chi connectivity index (χ4n) is 1.92. The Labute approximate surface area is 82.2 Å². The van der Waals surface area contributed by atoms with Crippen LogP contribution in [0.15, 0.2) is 0 Å². The molecule has 1 aliphatic carbocycles. The summed E-state index contributed by atoms with van der Waals surface area (Å²) in [5, 5.41) is 13.3. The summed E-state index contributed by atoms with van der Waals surface area (Å²) >= 11 is 1.60. The van der Waals surface area contributed by atoms with Crippen molar-refractivity contribution in [2.75, 3.05) is 12.4 Å². The van der Waals surface area contributed by atoms with Gasteiger partial charge in [0.05, 0.1) is 5.00 Å². The average molecular weight is 192 g/mol. The lowest BCUT2D eigenvalue weighted by atomic mass is 9.93. The van der Waals surface area contributed by atoms with Crippen molar-refractivity contribution >= 4 is 16.3 Å². The number of nitrogens with one attached hydrogen (secondary N) is 1. The smallest absolute Gasteiger partial charge is 0.110 e. The van der Waals surface area contributed by atoms with Crippen LogP contribution in [0.4, 0.5) is 5.00 Å². The number of hydrogen-bond donors (Lipinski definition) is 1. The summed E-state index contributed by atoms with van der Waals surface area (Å²) in [6, 6.07) is 2.29. The molecule has 13 heavy (non-hydrogen) atoms. The molecule has 0 radical (unpaired) electrons. The molecule has 0 bridgehead atoms. The normalized spacial score (nSPS) is 14.8. The summed E-state index contributed by atoms with van der Waals surface area (Å²) in [6.07, 6.45) is 4.74. The summed E-state index contributed by atoms with van der Waals surface area (Å²) < 4.78 is 0.